The Balaban J connectivity index is 0.00000338. The number of hydrogen-bond donors (Lipinski definition) is 2. The quantitative estimate of drug-likeness (QED) is 0.258. The second kappa shape index (κ2) is 11.6. The van der Waals surface area contributed by atoms with E-state index in [-0.39, 0.29) is 24.0 Å². The predicted molar refractivity (Wildman–Crippen MR) is 115 cm³/mol. The van der Waals surface area contributed by atoms with Gasteiger partial charge in [-0.25, -0.2) is 4.99 Å². The van der Waals surface area contributed by atoms with Crippen LogP contribution in [0.25, 0.3) is 0 Å². The largest absolute Gasteiger partial charge is 0.383 e. The molecule has 1 aromatic carbocycles. The molecule has 10 heteroatoms. The van der Waals surface area contributed by atoms with E-state index in [1.807, 2.05) is 24.6 Å². The monoisotopic (exact) mass is 512 g/mol. The zero-order valence-corrected chi connectivity index (χ0v) is 18.8. The van der Waals surface area contributed by atoms with Gasteiger partial charge < -0.3 is 19.9 Å². The second-order valence-corrected chi connectivity index (χ2v) is 6.24. The van der Waals surface area contributed by atoms with Crippen LogP contribution < -0.4 is 10.6 Å². The van der Waals surface area contributed by atoms with Crippen LogP contribution in [-0.4, -0.2) is 41.0 Å². The topological polar surface area (TPSA) is 76.4 Å². The summed E-state index contributed by atoms with van der Waals surface area (Å²) in [6, 6.07) is 5.38. The molecule has 7 nitrogen and oxygen atoms in total. The van der Waals surface area contributed by atoms with E-state index in [4.69, 9.17) is 27.9 Å². The molecule has 2 aromatic rings. The zero-order valence-electron chi connectivity index (χ0n) is 14.9. The first-order valence-corrected chi connectivity index (χ1v) is 8.56. The maximum absolute atomic E-state index is 6.20. The van der Waals surface area contributed by atoms with E-state index < -0.39 is 0 Å². The lowest BCUT2D eigenvalue weighted by molar-refractivity contribution is 0.203. The molecular formula is C16H23Cl2IN6O. The third-order valence-corrected chi connectivity index (χ3v) is 4.20. The van der Waals surface area contributed by atoms with E-state index in [0.29, 0.717) is 42.2 Å². The Morgan fingerprint density at radius 2 is 2.04 bits per heavy atom. The Kier molecular flexibility index (Phi) is 10.2. The molecule has 2 rings (SSSR count). The van der Waals surface area contributed by atoms with Crippen LogP contribution in [0.1, 0.15) is 17.2 Å². The fraction of sp³-hybridized carbons (Fsp3) is 0.438. The van der Waals surface area contributed by atoms with Gasteiger partial charge in [-0.05, 0) is 24.6 Å². The number of aliphatic imine (C=N–C) groups is 1. The third kappa shape index (κ3) is 6.90. The smallest absolute Gasteiger partial charge is 0.192 e. The summed E-state index contributed by atoms with van der Waals surface area (Å²) in [4.78, 5) is 4.56. The molecule has 0 saturated heterocycles. The number of rotatable bonds is 7. The Labute approximate surface area is 180 Å². The Morgan fingerprint density at radius 1 is 1.27 bits per heavy atom. The van der Waals surface area contributed by atoms with Gasteiger partial charge in [-0.2, -0.15) is 0 Å². The molecule has 0 radical (unpaired) electrons. The SMILES string of the molecule is COCCNC(=NCc1ccc(Cl)cc1Cl)NCc1nnc(C)n1C.I. The van der Waals surface area contributed by atoms with E-state index in [9.17, 15) is 0 Å². The van der Waals surface area contributed by atoms with Gasteiger partial charge in [0.15, 0.2) is 11.8 Å². The molecule has 0 spiro atoms. The van der Waals surface area contributed by atoms with Gasteiger partial charge in [0, 0.05) is 30.7 Å². The number of ether oxygens (including phenoxy) is 1. The van der Waals surface area contributed by atoms with Gasteiger partial charge in [0.05, 0.1) is 19.7 Å². The van der Waals surface area contributed by atoms with Crippen molar-refractivity contribution in [2.75, 3.05) is 20.3 Å². The molecule has 144 valence electrons. The first kappa shape index (κ1) is 22.9. The number of methoxy groups -OCH3 is 1. The van der Waals surface area contributed by atoms with Gasteiger partial charge in [-0.15, -0.1) is 34.2 Å². The van der Waals surface area contributed by atoms with Crippen LogP contribution in [0.3, 0.4) is 0 Å². The molecule has 1 aromatic heterocycles. The van der Waals surface area contributed by atoms with E-state index in [0.717, 1.165) is 17.2 Å². The molecule has 1 heterocycles. The lowest BCUT2D eigenvalue weighted by Gasteiger charge is -2.12. The summed E-state index contributed by atoms with van der Waals surface area (Å²) in [5.41, 5.74) is 0.897. The molecular weight excluding hydrogens is 490 g/mol. The normalized spacial score (nSPS) is 11.2. The summed E-state index contributed by atoms with van der Waals surface area (Å²) in [7, 11) is 3.58. The standard InChI is InChI=1S/C16H22Cl2N6O.HI/c1-11-22-23-15(24(11)2)10-21-16(19-6-7-25-3)20-9-12-4-5-13(17)8-14(12)18;/h4-5,8H,6-7,9-10H2,1-3H3,(H2,19,20,21);1H. The van der Waals surface area contributed by atoms with Gasteiger partial charge >= 0.3 is 0 Å². The van der Waals surface area contributed by atoms with Crippen molar-refractivity contribution in [2.24, 2.45) is 12.0 Å². The maximum atomic E-state index is 6.20. The van der Waals surface area contributed by atoms with E-state index in [1.54, 1.807) is 19.2 Å². The molecule has 0 unspecified atom stereocenters. The number of hydrogen-bond acceptors (Lipinski definition) is 4. The Hall–Kier alpha value is -1.10. The summed E-state index contributed by atoms with van der Waals surface area (Å²) in [6.45, 7) is 4.05. The minimum Gasteiger partial charge on any atom is -0.383 e. The van der Waals surface area contributed by atoms with Crippen molar-refractivity contribution in [3.63, 3.8) is 0 Å². The van der Waals surface area contributed by atoms with Crippen LogP contribution >= 0.6 is 47.2 Å². The van der Waals surface area contributed by atoms with Crippen LogP contribution in [-0.2, 0) is 24.9 Å². The number of guanidine groups is 1. The molecule has 0 atom stereocenters. The third-order valence-electron chi connectivity index (χ3n) is 3.62. The van der Waals surface area contributed by atoms with Crippen LogP contribution in [0.2, 0.25) is 10.0 Å². The number of halogens is 3. The van der Waals surface area contributed by atoms with Gasteiger partial charge in [0.2, 0.25) is 0 Å². The van der Waals surface area contributed by atoms with Gasteiger partial charge in [0.25, 0.3) is 0 Å². The maximum Gasteiger partial charge on any atom is 0.192 e. The molecule has 26 heavy (non-hydrogen) atoms. The fourth-order valence-electron chi connectivity index (χ4n) is 2.03. The molecule has 0 bridgehead atoms. The molecule has 2 N–H and O–H groups in total. The van der Waals surface area contributed by atoms with Crippen LogP contribution in [0.5, 0.6) is 0 Å². The molecule has 0 aliphatic heterocycles. The highest BCUT2D eigenvalue weighted by Gasteiger charge is 2.07. The Bertz CT molecular complexity index is 738. The van der Waals surface area contributed by atoms with Gasteiger partial charge in [0.1, 0.15) is 5.82 Å². The zero-order chi connectivity index (χ0) is 18.2. The van der Waals surface area contributed by atoms with Crippen LogP contribution in [0, 0.1) is 6.92 Å². The fourth-order valence-corrected chi connectivity index (χ4v) is 2.50. The number of aryl methyl sites for hydroxylation is 1. The highest BCUT2D eigenvalue weighted by molar-refractivity contribution is 14.0. The van der Waals surface area contributed by atoms with E-state index >= 15 is 0 Å². The molecule has 0 amide bonds. The van der Waals surface area contributed by atoms with Crippen molar-refractivity contribution >= 4 is 53.1 Å². The summed E-state index contributed by atoms with van der Waals surface area (Å²) in [6.07, 6.45) is 0. The molecule has 0 aliphatic carbocycles. The lowest BCUT2D eigenvalue weighted by atomic mass is 10.2. The molecule has 0 saturated carbocycles. The van der Waals surface area contributed by atoms with Crippen LogP contribution in [0.4, 0.5) is 0 Å². The highest BCUT2D eigenvalue weighted by Crippen LogP contribution is 2.21. The number of aromatic nitrogens is 3. The number of nitrogens with one attached hydrogen (secondary N) is 2. The van der Waals surface area contributed by atoms with Crippen molar-refractivity contribution in [1.82, 2.24) is 25.4 Å². The first-order chi connectivity index (χ1) is 12.0. The number of nitrogens with zero attached hydrogens (tertiary/aromatic N) is 4. The van der Waals surface area contributed by atoms with Crippen molar-refractivity contribution in [2.45, 2.75) is 20.0 Å². The Morgan fingerprint density at radius 3 is 2.65 bits per heavy atom. The summed E-state index contributed by atoms with van der Waals surface area (Å²) < 4.78 is 6.99. The first-order valence-electron chi connectivity index (χ1n) is 7.81. The number of benzene rings is 1. The summed E-state index contributed by atoms with van der Waals surface area (Å²) >= 11 is 12.1. The predicted octanol–water partition coefficient (Wildman–Crippen LogP) is 2.93. The summed E-state index contributed by atoms with van der Waals surface area (Å²) in [5.74, 6) is 2.32. The van der Waals surface area contributed by atoms with E-state index in [2.05, 4.69) is 25.8 Å². The molecule has 0 aliphatic rings. The molecule has 0 fully saturated rings. The minimum atomic E-state index is 0. The van der Waals surface area contributed by atoms with Crippen molar-refractivity contribution in [1.29, 1.82) is 0 Å². The van der Waals surface area contributed by atoms with Crippen molar-refractivity contribution in [3.05, 3.63) is 45.5 Å². The van der Waals surface area contributed by atoms with Crippen molar-refractivity contribution in [3.8, 4) is 0 Å². The highest BCUT2D eigenvalue weighted by atomic mass is 127. The van der Waals surface area contributed by atoms with Gasteiger partial charge in [-0.3, -0.25) is 0 Å². The van der Waals surface area contributed by atoms with Gasteiger partial charge in [-0.1, -0.05) is 29.3 Å². The van der Waals surface area contributed by atoms with Crippen LogP contribution in [0.15, 0.2) is 23.2 Å². The average Bonchev–Trinajstić information content (AvgIpc) is 2.90. The summed E-state index contributed by atoms with van der Waals surface area (Å²) in [5, 5.41) is 15.8. The van der Waals surface area contributed by atoms with Crippen molar-refractivity contribution < 1.29 is 4.74 Å². The minimum absolute atomic E-state index is 0. The van der Waals surface area contributed by atoms with E-state index in [1.165, 1.54) is 0 Å². The lowest BCUT2D eigenvalue weighted by Crippen LogP contribution is -2.39. The second-order valence-electron chi connectivity index (χ2n) is 5.40. The average molecular weight is 513 g/mol.